The van der Waals surface area contributed by atoms with Crippen molar-refractivity contribution in [3.63, 3.8) is 0 Å². The lowest BCUT2D eigenvalue weighted by atomic mass is 9.87. The molecule has 1 saturated carbocycles. The van der Waals surface area contributed by atoms with Gasteiger partial charge in [-0.2, -0.15) is 0 Å². The van der Waals surface area contributed by atoms with Crippen molar-refractivity contribution in [1.82, 2.24) is 0 Å². The van der Waals surface area contributed by atoms with Crippen LogP contribution < -0.4 is 0 Å². The van der Waals surface area contributed by atoms with E-state index in [1.54, 1.807) is 11.8 Å². The molecule has 1 aliphatic carbocycles. The van der Waals surface area contributed by atoms with Crippen LogP contribution in [0, 0.1) is 5.92 Å². The molecule has 2 aromatic carbocycles. The molecular formula is C20H22O2S. The largest absolute Gasteiger partial charge is 0.481 e. The maximum absolute atomic E-state index is 10.9. The Morgan fingerprint density at radius 1 is 1.00 bits per heavy atom. The van der Waals surface area contributed by atoms with E-state index in [1.165, 1.54) is 15.4 Å². The lowest BCUT2D eigenvalue weighted by molar-refractivity contribution is -0.138. The van der Waals surface area contributed by atoms with E-state index in [0.717, 1.165) is 12.0 Å². The third-order valence-corrected chi connectivity index (χ3v) is 5.39. The summed E-state index contributed by atoms with van der Waals surface area (Å²) < 4.78 is 0. The van der Waals surface area contributed by atoms with Gasteiger partial charge in [-0.3, -0.25) is 4.79 Å². The Morgan fingerprint density at radius 3 is 1.96 bits per heavy atom. The number of carboxylic acids is 1. The Balaban J connectivity index is 1.66. The zero-order valence-corrected chi connectivity index (χ0v) is 14.6. The Morgan fingerprint density at radius 2 is 1.52 bits per heavy atom. The van der Waals surface area contributed by atoms with Crippen LogP contribution in [0.4, 0.5) is 0 Å². The summed E-state index contributed by atoms with van der Waals surface area (Å²) in [7, 11) is 0. The topological polar surface area (TPSA) is 37.3 Å². The average Bonchev–Trinajstić information content (AvgIpc) is 3.28. The molecule has 120 valence electrons. The van der Waals surface area contributed by atoms with E-state index >= 15 is 0 Å². The van der Waals surface area contributed by atoms with E-state index in [-0.39, 0.29) is 17.3 Å². The summed E-state index contributed by atoms with van der Waals surface area (Å²) in [4.78, 5) is 13.4. The quantitative estimate of drug-likeness (QED) is 0.826. The van der Waals surface area contributed by atoms with Gasteiger partial charge in [-0.25, -0.2) is 0 Å². The van der Waals surface area contributed by atoms with Gasteiger partial charge < -0.3 is 5.11 Å². The van der Waals surface area contributed by atoms with Crippen molar-refractivity contribution < 1.29 is 9.90 Å². The lowest BCUT2D eigenvalue weighted by Crippen LogP contribution is -2.10. The molecule has 0 aliphatic heterocycles. The molecule has 0 aromatic heterocycles. The molecule has 0 bridgehead atoms. The molecule has 0 radical (unpaired) electrons. The summed E-state index contributed by atoms with van der Waals surface area (Å²) in [6, 6.07) is 17.0. The second-order valence-electron chi connectivity index (χ2n) is 7.23. The number of hydrogen-bond acceptors (Lipinski definition) is 2. The smallest absolute Gasteiger partial charge is 0.307 e. The minimum Gasteiger partial charge on any atom is -0.481 e. The van der Waals surface area contributed by atoms with Crippen molar-refractivity contribution in [3.8, 4) is 0 Å². The Hall–Kier alpha value is -1.74. The van der Waals surface area contributed by atoms with E-state index in [4.69, 9.17) is 5.11 Å². The number of hydrogen-bond donors (Lipinski definition) is 1. The molecule has 1 aliphatic rings. The lowest BCUT2D eigenvalue weighted by Gasteiger charge is -2.19. The van der Waals surface area contributed by atoms with Crippen LogP contribution in [0.5, 0.6) is 0 Å². The van der Waals surface area contributed by atoms with Crippen molar-refractivity contribution >= 4 is 17.7 Å². The van der Waals surface area contributed by atoms with Gasteiger partial charge in [0.05, 0.1) is 5.92 Å². The van der Waals surface area contributed by atoms with Gasteiger partial charge in [-0.15, -0.1) is 0 Å². The Labute approximate surface area is 141 Å². The molecule has 2 unspecified atom stereocenters. The van der Waals surface area contributed by atoms with Crippen molar-refractivity contribution in [2.45, 2.75) is 48.3 Å². The average molecular weight is 326 g/mol. The molecule has 3 heteroatoms. The number of aliphatic carboxylic acids is 1. The van der Waals surface area contributed by atoms with Crippen LogP contribution in [0.1, 0.15) is 44.2 Å². The van der Waals surface area contributed by atoms with Crippen LogP contribution >= 0.6 is 11.8 Å². The van der Waals surface area contributed by atoms with E-state index in [0.29, 0.717) is 0 Å². The third kappa shape index (κ3) is 3.78. The minimum atomic E-state index is -0.674. The predicted octanol–water partition coefficient (Wildman–Crippen LogP) is 5.32. The maximum Gasteiger partial charge on any atom is 0.307 e. The molecule has 2 nitrogen and oxygen atoms in total. The van der Waals surface area contributed by atoms with Crippen LogP contribution in [0.15, 0.2) is 58.3 Å². The van der Waals surface area contributed by atoms with Crippen LogP contribution in [-0.2, 0) is 10.2 Å². The van der Waals surface area contributed by atoms with Crippen molar-refractivity contribution in [1.29, 1.82) is 0 Å². The molecule has 2 atom stereocenters. The molecule has 3 rings (SSSR count). The van der Waals surface area contributed by atoms with E-state index in [9.17, 15) is 4.79 Å². The molecule has 0 heterocycles. The first kappa shape index (κ1) is 16.1. The normalized spacial score (nSPS) is 20.3. The Kier molecular flexibility index (Phi) is 4.24. The van der Waals surface area contributed by atoms with Gasteiger partial charge in [0.2, 0.25) is 0 Å². The summed E-state index contributed by atoms with van der Waals surface area (Å²) in [6.45, 7) is 6.66. The van der Waals surface area contributed by atoms with Crippen LogP contribution in [0.25, 0.3) is 0 Å². The highest BCUT2D eigenvalue weighted by molar-refractivity contribution is 7.99. The summed E-state index contributed by atoms with van der Waals surface area (Å²) in [6.07, 6.45) is 0.774. The summed E-state index contributed by atoms with van der Waals surface area (Å²) >= 11 is 1.74. The first-order valence-corrected chi connectivity index (χ1v) is 8.77. The van der Waals surface area contributed by atoms with Gasteiger partial charge in [-0.1, -0.05) is 56.8 Å². The second kappa shape index (κ2) is 6.04. The summed E-state index contributed by atoms with van der Waals surface area (Å²) in [5.41, 5.74) is 2.66. The van der Waals surface area contributed by atoms with E-state index in [1.807, 2.05) is 0 Å². The molecule has 2 aromatic rings. The zero-order chi connectivity index (χ0) is 16.6. The van der Waals surface area contributed by atoms with Crippen molar-refractivity contribution in [3.05, 3.63) is 59.7 Å². The van der Waals surface area contributed by atoms with E-state index < -0.39 is 5.97 Å². The molecule has 0 amide bonds. The Bertz CT molecular complexity index is 696. The first-order valence-electron chi connectivity index (χ1n) is 7.96. The van der Waals surface area contributed by atoms with Gasteiger partial charge in [0, 0.05) is 9.79 Å². The number of rotatable bonds is 4. The van der Waals surface area contributed by atoms with Crippen LogP contribution in [0.3, 0.4) is 0 Å². The second-order valence-corrected chi connectivity index (χ2v) is 8.38. The van der Waals surface area contributed by atoms with Gasteiger partial charge in [0.15, 0.2) is 0 Å². The van der Waals surface area contributed by atoms with Gasteiger partial charge in [0.1, 0.15) is 0 Å². The molecule has 23 heavy (non-hydrogen) atoms. The molecule has 1 N–H and O–H groups in total. The first-order chi connectivity index (χ1) is 10.8. The highest BCUT2D eigenvalue weighted by atomic mass is 32.2. The SMILES string of the molecule is CC(C)(C)c1ccc(Sc2ccc(C3CC3C(=O)O)cc2)cc1. The number of benzene rings is 2. The van der Waals surface area contributed by atoms with Gasteiger partial charge in [0.25, 0.3) is 0 Å². The fourth-order valence-corrected chi connectivity index (χ4v) is 3.59. The minimum absolute atomic E-state index is 0.176. The van der Waals surface area contributed by atoms with Crippen LogP contribution in [-0.4, -0.2) is 11.1 Å². The highest BCUT2D eigenvalue weighted by Gasteiger charge is 2.43. The highest BCUT2D eigenvalue weighted by Crippen LogP contribution is 2.47. The van der Waals surface area contributed by atoms with E-state index in [2.05, 4.69) is 69.3 Å². The number of carbonyl (C=O) groups is 1. The molecule has 1 fully saturated rings. The van der Waals surface area contributed by atoms with Crippen LogP contribution in [0.2, 0.25) is 0 Å². The standard InChI is InChI=1S/C20H22O2S/c1-20(2,3)14-6-10-16(11-7-14)23-15-8-4-13(5-9-15)17-12-18(17)19(21)22/h4-11,17-18H,12H2,1-3H3,(H,21,22). The fourth-order valence-electron chi connectivity index (χ4n) is 2.78. The van der Waals surface area contributed by atoms with Gasteiger partial charge in [-0.05, 0) is 53.1 Å². The molecular weight excluding hydrogens is 304 g/mol. The number of carboxylic acid groups (broad SMARTS) is 1. The monoisotopic (exact) mass is 326 g/mol. The summed E-state index contributed by atoms with van der Waals surface area (Å²) in [5.74, 6) is -0.650. The molecule has 0 saturated heterocycles. The third-order valence-electron chi connectivity index (χ3n) is 4.37. The fraction of sp³-hybridized carbons (Fsp3) is 0.350. The van der Waals surface area contributed by atoms with Crippen molar-refractivity contribution in [2.24, 2.45) is 5.92 Å². The maximum atomic E-state index is 10.9. The zero-order valence-electron chi connectivity index (χ0n) is 13.7. The van der Waals surface area contributed by atoms with Crippen molar-refractivity contribution in [2.75, 3.05) is 0 Å². The summed E-state index contributed by atoms with van der Waals surface area (Å²) in [5, 5.41) is 9.01. The predicted molar refractivity (Wildman–Crippen MR) is 94.2 cm³/mol. The van der Waals surface area contributed by atoms with Gasteiger partial charge >= 0.3 is 5.97 Å². The molecule has 0 spiro atoms.